The standard InChI is InChI=1S/C54H56F3N9O8S/c55-54(56,57)49-9-3-7-41(60-49)38-5-1-2-6-39(38)43-8-4-20-64(43)36-28-53(29-36)17-21-63(22-18-53)35-10-12-40(44(26-35)65-46-25-34-14-19-58-50(34)61-52(46)74-48-32-73-31-47(48)65)51(67)62-75(70,71)37-11-13-42(45(27-37)66(68)69)59-30-33-15-23-72-24-16-33/h1-3,5-7,9-14,19,25-27,33,36,43,47-48,59H,4,8,15-18,20-24,28-32H2,(H,58,61)(H,62,67)/t43-,47+,48+/m0/s1. The Morgan fingerprint density at radius 3 is 2.51 bits per heavy atom. The van der Waals surface area contributed by atoms with Crippen LogP contribution in [0.4, 0.5) is 41.6 Å². The highest BCUT2D eigenvalue weighted by Crippen LogP contribution is 2.55. The van der Waals surface area contributed by atoms with E-state index >= 15 is 0 Å². The first-order valence-electron chi connectivity index (χ1n) is 25.7. The second-order valence-electron chi connectivity index (χ2n) is 20.8. The molecule has 17 nitrogen and oxygen atoms in total. The fraction of sp³-hybridized carbons (Fsp3) is 0.426. The number of fused-ring (bicyclic) bond motifs is 3. The number of ether oxygens (including phenoxy) is 3. The van der Waals surface area contributed by atoms with Crippen LogP contribution < -0.4 is 24.6 Å². The first-order chi connectivity index (χ1) is 36.2. The van der Waals surface area contributed by atoms with Crippen molar-refractivity contribution in [3.8, 4) is 17.1 Å². The normalized spacial score (nSPS) is 22.1. The van der Waals surface area contributed by atoms with Gasteiger partial charge in [0.15, 0.2) is 0 Å². The van der Waals surface area contributed by atoms with Gasteiger partial charge in [0.25, 0.3) is 21.6 Å². The van der Waals surface area contributed by atoms with E-state index in [1.165, 1.54) is 18.2 Å². The highest BCUT2D eigenvalue weighted by Gasteiger charge is 2.50. The van der Waals surface area contributed by atoms with Gasteiger partial charge in [-0.3, -0.25) is 19.8 Å². The lowest BCUT2D eigenvalue weighted by Crippen LogP contribution is -2.55. The molecule has 1 saturated carbocycles. The third-order valence-electron chi connectivity index (χ3n) is 16.4. The van der Waals surface area contributed by atoms with Crippen molar-refractivity contribution in [2.24, 2.45) is 11.3 Å². The second-order valence-corrected chi connectivity index (χ2v) is 22.5. The molecule has 0 bridgehead atoms. The minimum Gasteiger partial charge on any atom is -0.468 e. The number of nitrogens with zero attached hydrogens (tertiary/aromatic N) is 6. The number of hydrogen-bond donors (Lipinski definition) is 3. The van der Waals surface area contributed by atoms with Crippen molar-refractivity contribution in [2.75, 3.05) is 67.7 Å². The molecule has 0 unspecified atom stereocenters. The predicted octanol–water partition coefficient (Wildman–Crippen LogP) is 9.39. The van der Waals surface area contributed by atoms with Crippen LogP contribution >= 0.6 is 0 Å². The average molecular weight is 1050 g/mol. The van der Waals surface area contributed by atoms with Gasteiger partial charge in [0, 0.05) is 73.8 Å². The number of carbonyl (C=O) groups excluding carboxylic acids is 1. The Morgan fingerprint density at radius 2 is 1.71 bits per heavy atom. The number of benzene rings is 3. The van der Waals surface area contributed by atoms with E-state index in [4.69, 9.17) is 19.2 Å². The zero-order valence-electron chi connectivity index (χ0n) is 40.9. The molecule has 392 valence electrons. The Hall–Kier alpha value is -6.81. The molecule has 1 amide bonds. The van der Waals surface area contributed by atoms with E-state index in [-0.39, 0.29) is 41.8 Å². The van der Waals surface area contributed by atoms with Gasteiger partial charge in [0.2, 0.25) is 5.88 Å². The molecule has 1 aliphatic carbocycles. The third kappa shape index (κ3) is 9.41. The lowest BCUT2D eigenvalue weighted by molar-refractivity contribution is -0.384. The number of halogens is 3. The van der Waals surface area contributed by atoms with Crippen LogP contribution in [-0.2, 0) is 25.7 Å². The van der Waals surface area contributed by atoms with Gasteiger partial charge >= 0.3 is 6.18 Å². The maximum Gasteiger partial charge on any atom is 0.433 e. The number of nitrogens with one attached hydrogen (secondary N) is 3. The summed E-state index contributed by atoms with van der Waals surface area (Å²) in [7, 11) is -4.64. The molecular formula is C54H56F3N9O8S. The number of alkyl halides is 3. The summed E-state index contributed by atoms with van der Waals surface area (Å²) in [5, 5.41) is 16.2. The molecule has 0 radical (unpaired) electrons. The first-order valence-corrected chi connectivity index (χ1v) is 27.2. The van der Waals surface area contributed by atoms with E-state index in [2.05, 4.69) is 29.8 Å². The number of hydrogen-bond acceptors (Lipinski definition) is 14. The molecule has 3 atom stereocenters. The maximum atomic E-state index is 14.6. The number of nitro groups is 1. The van der Waals surface area contributed by atoms with E-state index in [1.807, 2.05) is 53.4 Å². The number of carbonyl (C=O) groups is 1. The number of likely N-dealkylation sites (tertiary alicyclic amines) is 1. The maximum absolute atomic E-state index is 14.6. The van der Waals surface area contributed by atoms with Gasteiger partial charge in [0.1, 0.15) is 28.8 Å². The summed E-state index contributed by atoms with van der Waals surface area (Å²) in [6.45, 7) is 4.58. The third-order valence-corrected chi connectivity index (χ3v) is 17.7. The Morgan fingerprint density at radius 1 is 0.893 bits per heavy atom. The summed E-state index contributed by atoms with van der Waals surface area (Å²) < 4.78 is 89.4. The monoisotopic (exact) mass is 1050 g/mol. The second kappa shape index (κ2) is 19.4. The van der Waals surface area contributed by atoms with E-state index in [0.29, 0.717) is 54.4 Å². The van der Waals surface area contributed by atoms with Crippen molar-refractivity contribution in [1.82, 2.24) is 24.6 Å². The van der Waals surface area contributed by atoms with Gasteiger partial charge in [-0.1, -0.05) is 30.3 Å². The smallest absolute Gasteiger partial charge is 0.433 e. The number of aromatic nitrogens is 3. The van der Waals surface area contributed by atoms with Crippen molar-refractivity contribution < 1.29 is 45.5 Å². The highest BCUT2D eigenvalue weighted by atomic mass is 32.2. The molecule has 75 heavy (non-hydrogen) atoms. The molecule has 12 rings (SSSR count). The van der Waals surface area contributed by atoms with Gasteiger partial charge in [-0.05, 0) is 129 Å². The number of H-pyrrole nitrogens is 1. The first kappa shape index (κ1) is 49.1. The quantitative estimate of drug-likeness (QED) is 0.0774. The Kier molecular flexibility index (Phi) is 12.7. The molecule has 3 aromatic carbocycles. The van der Waals surface area contributed by atoms with Crippen LogP contribution in [0, 0.1) is 21.4 Å². The average Bonchev–Trinajstić information content (AvgIpc) is 4.20. The molecule has 3 N–H and O–H groups in total. The van der Waals surface area contributed by atoms with Gasteiger partial charge in [0.05, 0.1) is 46.0 Å². The summed E-state index contributed by atoms with van der Waals surface area (Å²) in [4.78, 5) is 44.7. The molecule has 3 aromatic heterocycles. The molecule has 6 aliphatic rings. The van der Waals surface area contributed by atoms with Crippen LogP contribution in [0.15, 0.2) is 102 Å². The zero-order chi connectivity index (χ0) is 51.6. The fourth-order valence-electron chi connectivity index (χ4n) is 12.4. The lowest BCUT2D eigenvalue weighted by Gasteiger charge is -2.56. The Bertz CT molecular complexity index is 3280. The molecule has 5 aliphatic heterocycles. The minimum atomic E-state index is -4.64. The molecule has 1 spiro atoms. The van der Waals surface area contributed by atoms with E-state index in [1.54, 1.807) is 18.3 Å². The van der Waals surface area contributed by atoms with Crippen LogP contribution in [0.3, 0.4) is 0 Å². The van der Waals surface area contributed by atoms with Gasteiger partial charge in [-0.25, -0.2) is 18.1 Å². The van der Waals surface area contributed by atoms with Crippen molar-refractivity contribution in [3.05, 3.63) is 124 Å². The molecule has 4 saturated heterocycles. The van der Waals surface area contributed by atoms with E-state index < -0.39 is 55.5 Å². The summed E-state index contributed by atoms with van der Waals surface area (Å²) in [6.07, 6.45) is 4.15. The summed E-state index contributed by atoms with van der Waals surface area (Å²) in [5.74, 6) is -0.351. The molecule has 6 aromatic rings. The largest absolute Gasteiger partial charge is 0.468 e. The molecular weight excluding hydrogens is 992 g/mol. The zero-order valence-corrected chi connectivity index (χ0v) is 41.7. The molecule has 5 fully saturated rings. The van der Waals surface area contributed by atoms with Crippen molar-refractivity contribution in [2.45, 2.75) is 86.7 Å². The van der Waals surface area contributed by atoms with Crippen LogP contribution in [0.1, 0.15) is 79.0 Å². The Balaban J connectivity index is 0.800. The van der Waals surface area contributed by atoms with Crippen molar-refractivity contribution in [3.63, 3.8) is 0 Å². The summed E-state index contributed by atoms with van der Waals surface area (Å²) in [6, 6.07) is 24.5. The van der Waals surface area contributed by atoms with E-state index in [9.17, 15) is 36.5 Å². The highest BCUT2D eigenvalue weighted by molar-refractivity contribution is 7.90. The Labute approximate surface area is 431 Å². The van der Waals surface area contributed by atoms with E-state index in [0.717, 1.165) is 105 Å². The number of amides is 1. The van der Waals surface area contributed by atoms with Crippen molar-refractivity contribution in [1.29, 1.82) is 0 Å². The van der Waals surface area contributed by atoms with Crippen LogP contribution in [0.2, 0.25) is 0 Å². The summed E-state index contributed by atoms with van der Waals surface area (Å²) in [5.41, 5.74) is 3.51. The van der Waals surface area contributed by atoms with Gasteiger partial charge < -0.3 is 34.3 Å². The number of nitro benzene ring substituents is 1. The van der Waals surface area contributed by atoms with Crippen molar-refractivity contribution >= 4 is 55.4 Å². The van der Waals surface area contributed by atoms with Crippen LogP contribution in [-0.4, -0.2) is 110 Å². The number of sulfonamides is 1. The predicted molar refractivity (Wildman–Crippen MR) is 274 cm³/mol. The summed E-state index contributed by atoms with van der Waals surface area (Å²) >= 11 is 0. The van der Waals surface area contributed by atoms with Crippen LogP contribution in [0.25, 0.3) is 22.3 Å². The van der Waals surface area contributed by atoms with Crippen LogP contribution in [0.5, 0.6) is 5.88 Å². The fourth-order valence-corrected chi connectivity index (χ4v) is 13.4. The molecule has 8 heterocycles. The van der Waals surface area contributed by atoms with Gasteiger partial charge in [-0.15, -0.1) is 0 Å². The number of pyridine rings is 2. The number of aromatic amines is 1. The minimum absolute atomic E-state index is 0.0557. The lowest BCUT2D eigenvalue weighted by atomic mass is 9.59. The molecule has 21 heteroatoms. The number of rotatable bonds is 12. The van der Waals surface area contributed by atoms with Gasteiger partial charge in [-0.2, -0.15) is 18.2 Å². The SMILES string of the molecule is O=C(NS(=O)(=O)c1ccc(NCC2CCOCC2)c([N+](=O)[O-])c1)c1ccc(N2CCC3(CC2)CC(N2CCC[C@H]2c2ccccc2-c2cccc(C(F)(F)F)n2)C3)cc1N1c2cc3cc[nH]c3nc2O[C@@H]2COC[C@H]21. The number of anilines is 4. The topological polar surface area (TPSA) is 197 Å². The number of piperidine rings is 1.